The van der Waals surface area contributed by atoms with E-state index in [0.717, 1.165) is 65.9 Å². The van der Waals surface area contributed by atoms with Crippen LogP contribution in [0.2, 0.25) is 0 Å². The first-order valence-electron chi connectivity index (χ1n) is 25.8. The molecule has 3 aromatic heterocycles. The van der Waals surface area contributed by atoms with Crippen LogP contribution in [0.5, 0.6) is 0 Å². The topological polar surface area (TPSA) is 41.3 Å². The van der Waals surface area contributed by atoms with Crippen molar-refractivity contribution < 1.29 is 29.1 Å². The van der Waals surface area contributed by atoms with Crippen LogP contribution in [0, 0.1) is 18.8 Å². The van der Waals surface area contributed by atoms with Crippen LogP contribution in [0.25, 0.3) is 50.3 Å². The van der Waals surface area contributed by atoms with E-state index in [9.17, 15) is 0 Å². The Morgan fingerprint density at radius 2 is 1.34 bits per heavy atom. The van der Waals surface area contributed by atoms with Crippen LogP contribution >= 0.6 is 0 Å². The zero-order valence-corrected chi connectivity index (χ0v) is 45.2. The van der Waals surface area contributed by atoms with E-state index in [0.29, 0.717) is 11.8 Å². The van der Waals surface area contributed by atoms with Gasteiger partial charge in [-0.3, -0.25) is 4.98 Å². The molecule has 7 heteroatoms. The summed E-state index contributed by atoms with van der Waals surface area (Å²) in [5.74, 6) is 1.86. The second-order valence-corrected chi connectivity index (χ2v) is 21.0. The number of hydrogen-bond donors (Lipinski definition) is 0. The largest absolute Gasteiger partial charge is 3.00 e. The van der Waals surface area contributed by atoms with Crippen LogP contribution in [0.1, 0.15) is 111 Å². The summed E-state index contributed by atoms with van der Waals surface area (Å²) in [6, 6.07) is 59.0. The predicted octanol–water partition coefficient (Wildman–Crippen LogP) is 15.8. The third kappa shape index (κ3) is 8.68. The number of furan rings is 1. The molecule has 0 fully saturated rings. The smallest absolute Gasteiger partial charge is 0.504 e. The maximum Gasteiger partial charge on any atom is 3.00 e. The Bertz CT molecular complexity index is 3630. The number of hydrogen-bond acceptors (Lipinski definition) is 4. The SMILES string of the molecule is C.CC(C)c1cccc(C(C)C)c1-n1ccnc1-c1[c-]cccc1.CN1[CH-]N2c3c1cccc3C(C)(C)c1cccc3oc4cc[c-]c2c4c13.[Ir+3].c1cc[n+]2c(c1)-c1c3ccc(c1C2)CCc1ccc(cc1)CC3. The van der Waals surface area contributed by atoms with Crippen molar-refractivity contribution in [3.63, 3.8) is 0 Å². The Kier molecular flexibility index (Phi) is 13.9. The van der Waals surface area contributed by atoms with Crippen molar-refractivity contribution >= 4 is 39.0 Å². The van der Waals surface area contributed by atoms with Crippen LogP contribution in [-0.4, -0.2) is 16.6 Å². The fourth-order valence-corrected chi connectivity index (χ4v) is 11.8. The molecule has 0 unspecified atom stereocenters. The summed E-state index contributed by atoms with van der Waals surface area (Å²) in [5.41, 5.74) is 23.3. The molecule has 4 aliphatic carbocycles. The Hall–Kier alpha value is -7.05. The molecule has 0 amide bonds. The number of fused-ring (bicyclic) bond motifs is 2. The number of aryl methyl sites for hydroxylation is 4. The van der Waals surface area contributed by atoms with E-state index >= 15 is 0 Å². The van der Waals surface area contributed by atoms with Gasteiger partial charge in [0.1, 0.15) is 5.58 Å². The maximum absolute atomic E-state index is 6.22. The molecule has 0 saturated carbocycles. The molecule has 0 radical (unpaired) electrons. The predicted molar refractivity (Wildman–Crippen MR) is 301 cm³/mol. The normalized spacial score (nSPS) is 14.2. The summed E-state index contributed by atoms with van der Waals surface area (Å²) in [5, 5.41) is 2.36. The third-order valence-electron chi connectivity index (χ3n) is 15.5. The standard InChI is InChI=1S/C23H18N2O.C22H20N.C21H23N2.CH4.Ir/c1-23(2)14-7-5-11-18-20(14)21-16(9-6-12-19(21)26-18)25-13-24(3)17-10-4-8-15(23)22(17)25;1-2-14-23-15-20-18-10-8-16-4-6-17(7-5-16)9-11-19(13-12-18)22(20)21(23)3-1;1-15(2)18-11-8-12-19(16(3)4)20(18)23-14-13-22-21(23)17-9-6-5-7-10-17;;/h4-8,10-13H,1-3H3;1-7,12-14H,8-11,15H2;5-9,11-16H,1-4H3;1H4;/q-2;+1;-1;;+3. The van der Waals surface area contributed by atoms with Gasteiger partial charge in [-0.15, -0.1) is 42.0 Å². The second kappa shape index (κ2) is 20.3. The van der Waals surface area contributed by atoms with Gasteiger partial charge in [-0.2, -0.15) is 23.4 Å². The van der Waals surface area contributed by atoms with Gasteiger partial charge in [0, 0.05) is 58.2 Å². The van der Waals surface area contributed by atoms with Gasteiger partial charge in [0.15, 0.2) is 12.7 Å². The minimum absolute atomic E-state index is 0. The van der Waals surface area contributed by atoms with Gasteiger partial charge in [0.2, 0.25) is 5.69 Å². The molecule has 0 saturated heterocycles. The molecular formula is C67H65IrN5O+. The Morgan fingerprint density at radius 3 is 2.07 bits per heavy atom. The number of imidazole rings is 1. The van der Waals surface area contributed by atoms with E-state index in [2.05, 4.69) is 219 Å². The number of nitrogens with zero attached hydrogens (tertiary/aromatic N) is 5. The second-order valence-electron chi connectivity index (χ2n) is 21.0. The van der Waals surface area contributed by atoms with E-state index in [1.807, 2.05) is 36.5 Å². The third-order valence-corrected chi connectivity index (χ3v) is 15.5. The number of benzene rings is 7. The summed E-state index contributed by atoms with van der Waals surface area (Å²) >= 11 is 0. The Morgan fingerprint density at radius 1 is 0.662 bits per heavy atom. The molecule has 0 N–H and O–H groups in total. The van der Waals surface area contributed by atoms with E-state index < -0.39 is 0 Å². The summed E-state index contributed by atoms with van der Waals surface area (Å²) in [6.45, 7) is 16.8. The average molecular weight is 1150 g/mol. The van der Waals surface area contributed by atoms with E-state index in [4.69, 9.17) is 4.42 Å². The average Bonchev–Trinajstić information content (AvgIpc) is 4.22. The summed E-state index contributed by atoms with van der Waals surface area (Å²) in [7, 11) is 2.10. The quantitative estimate of drug-likeness (QED) is 0.130. The summed E-state index contributed by atoms with van der Waals surface area (Å²) in [4.78, 5) is 9.06. The van der Waals surface area contributed by atoms with Gasteiger partial charge in [-0.1, -0.05) is 139 Å². The van der Waals surface area contributed by atoms with Gasteiger partial charge in [0.25, 0.3) is 0 Å². The van der Waals surface area contributed by atoms with Crippen molar-refractivity contribution in [1.82, 2.24) is 9.55 Å². The van der Waals surface area contributed by atoms with Gasteiger partial charge < -0.3 is 18.8 Å². The van der Waals surface area contributed by atoms with Gasteiger partial charge >= 0.3 is 20.1 Å². The summed E-state index contributed by atoms with van der Waals surface area (Å²) < 4.78 is 10.8. The van der Waals surface area contributed by atoms with Crippen molar-refractivity contribution in [3.8, 4) is 28.3 Å². The number of pyridine rings is 1. The number of aromatic nitrogens is 3. The number of rotatable bonds is 4. The number of para-hydroxylation sites is 2. The molecule has 17 rings (SSSR count). The minimum atomic E-state index is -0.146. The first-order chi connectivity index (χ1) is 35.0. The van der Waals surface area contributed by atoms with Crippen molar-refractivity contribution in [2.24, 2.45) is 0 Å². The maximum atomic E-state index is 6.22. The van der Waals surface area contributed by atoms with E-state index in [1.54, 1.807) is 5.56 Å². The fraction of sp³-hybridized carbons (Fsp3) is 0.239. The van der Waals surface area contributed by atoms with Crippen molar-refractivity contribution in [2.75, 3.05) is 16.8 Å². The van der Waals surface area contributed by atoms with Crippen molar-refractivity contribution in [3.05, 3.63) is 233 Å². The minimum Gasteiger partial charge on any atom is -0.504 e. The zero-order valence-electron chi connectivity index (χ0n) is 42.8. The zero-order chi connectivity index (χ0) is 49.3. The molecule has 74 heavy (non-hydrogen) atoms. The van der Waals surface area contributed by atoms with E-state index in [-0.39, 0.29) is 32.9 Å². The Labute approximate surface area is 451 Å². The molecule has 10 aromatic rings. The van der Waals surface area contributed by atoms with Crippen molar-refractivity contribution in [1.29, 1.82) is 0 Å². The molecule has 0 atom stereocenters. The van der Waals surface area contributed by atoms with Crippen LogP contribution in [0.15, 0.2) is 169 Å². The number of anilines is 3. The van der Waals surface area contributed by atoms with Crippen molar-refractivity contribution in [2.45, 2.75) is 98.4 Å². The van der Waals surface area contributed by atoms with E-state index in [1.165, 1.54) is 78.2 Å². The first kappa shape index (κ1) is 50.5. The van der Waals surface area contributed by atoms with Crippen LogP contribution in [0.4, 0.5) is 17.1 Å². The van der Waals surface area contributed by atoms with Gasteiger partial charge in [-0.25, -0.2) is 0 Å². The molecule has 3 aliphatic heterocycles. The first-order valence-corrected chi connectivity index (χ1v) is 25.8. The Balaban J connectivity index is 0.000000126. The van der Waals surface area contributed by atoms with Crippen LogP contribution < -0.4 is 14.4 Å². The van der Waals surface area contributed by atoms with Crippen LogP contribution in [-0.2, 0) is 57.7 Å². The molecule has 6 nitrogen and oxygen atoms in total. The molecule has 4 bridgehead atoms. The molecular weight excluding hydrogens is 1080 g/mol. The van der Waals surface area contributed by atoms with Gasteiger partial charge in [-0.05, 0) is 113 Å². The molecule has 0 spiro atoms. The molecule has 6 heterocycles. The molecule has 372 valence electrons. The monoisotopic (exact) mass is 1150 g/mol. The fourth-order valence-electron chi connectivity index (χ4n) is 11.8. The molecule has 7 aromatic carbocycles. The van der Waals surface area contributed by atoms with Crippen LogP contribution in [0.3, 0.4) is 0 Å². The molecule has 7 aliphatic rings. The van der Waals surface area contributed by atoms with Gasteiger partial charge in [0.05, 0.1) is 11.4 Å². The summed E-state index contributed by atoms with van der Waals surface area (Å²) in [6.07, 6.45) is 10.7.